The third-order valence-electron chi connectivity index (χ3n) is 2.63. The molecule has 0 unspecified atom stereocenters. The van der Waals surface area contributed by atoms with Gasteiger partial charge in [0.2, 0.25) is 0 Å². The molecule has 2 aromatic rings. The second-order valence-electron chi connectivity index (χ2n) is 3.99. The Kier molecular flexibility index (Phi) is 4.06. The highest BCUT2D eigenvalue weighted by Crippen LogP contribution is 2.18. The summed E-state index contributed by atoms with van der Waals surface area (Å²) in [6, 6.07) is 7.78. The van der Waals surface area contributed by atoms with E-state index in [1.165, 1.54) is 18.2 Å². The van der Waals surface area contributed by atoms with Crippen molar-refractivity contribution in [3.8, 4) is 5.75 Å². The molecule has 0 heterocycles. The summed E-state index contributed by atoms with van der Waals surface area (Å²) in [4.78, 5) is 0. The van der Waals surface area contributed by atoms with Gasteiger partial charge in [-0.25, -0.2) is 13.2 Å². The number of halogens is 3. The van der Waals surface area contributed by atoms with Crippen LogP contribution in [0.2, 0.25) is 0 Å². The highest BCUT2D eigenvalue weighted by Gasteiger charge is 2.05. The van der Waals surface area contributed by atoms with Gasteiger partial charge in [0.25, 0.3) is 0 Å². The van der Waals surface area contributed by atoms with Crippen LogP contribution in [0.25, 0.3) is 0 Å². The number of hydrogen-bond donors (Lipinski definition) is 1. The molecule has 0 aromatic heterocycles. The fourth-order valence-corrected chi connectivity index (χ4v) is 1.58. The van der Waals surface area contributed by atoms with Crippen LogP contribution in [0, 0.1) is 17.5 Å². The van der Waals surface area contributed by atoms with E-state index < -0.39 is 17.5 Å². The molecule has 0 aliphatic heterocycles. The van der Waals surface area contributed by atoms with Gasteiger partial charge in [-0.05, 0) is 23.8 Å². The first kappa shape index (κ1) is 13.4. The van der Waals surface area contributed by atoms with Gasteiger partial charge in [-0.2, -0.15) is 0 Å². The molecule has 0 aliphatic rings. The van der Waals surface area contributed by atoms with Gasteiger partial charge in [0.15, 0.2) is 11.6 Å². The number of rotatable bonds is 4. The largest absolute Gasteiger partial charge is 0.489 e. The number of benzene rings is 2. The highest BCUT2D eigenvalue weighted by molar-refractivity contribution is 5.29. The van der Waals surface area contributed by atoms with Gasteiger partial charge in [0.1, 0.15) is 18.2 Å². The molecule has 2 aromatic carbocycles. The van der Waals surface area contributed by atoms with Gasteiger partial charge in [0.05, 0.1) is 0 Å². The van der Waals surface area contributed by atoms with Crippen molar-refractivity contribution in [1.29, 1.82) is 0 Å². The van der Waals surface area contributed by atoms with Gasteiger partial charge in [-0.3, -0.25) is 0 Å². The number of nitrogens with two attached hydrogens (primary N) is 1. The lowest BCUT2D eigenvalue weighted by Crippen LogP contribution is -2.01. The van der Waals surface area contributed by atoms with E-state index in [0.29, 0.717) is 16.9 Å². The van der Waals surface area contributed by atoms with E-state index in [1.54, 1.807) is 6.07 Å². The quantitative estimate of drug-likeness (QED) is 0.923. The topological polar surface area (TPSA) is 35.2 Å². The van der Waals surface area contributed by atoms with Crippen LogP contribution in [0.4, 0.5) is 13.2 Å². The lowest BCUT2D eigenvalue weighted by Gasteiger charge is -2.08. The first-order valence-electron chi connectivity index (χ1n) is 5.65. The predicted octanol–water partition coefficient (Wildman–Crippen LogP) is 3.14. The number of ether oxygens (including phenoxy) is 1. The minimum absolute atomic E-state index is 0.0264. The molecule has 0 aliphatic carbocycles. The van der Waals surface area contributed by atoms with Crippen molar-refractivity contribution >= 4 is 0 Å². The van der Waals surface area contributed by atoms with Crippen LogP contribution in [0.1, 0.15) is 11.1 Å². The monoisotopic (exact) mass is 267 g/mol. The van der Waals surface area contributed by atoms with Gasteiger partial charge >= 0.3 is 0 Å². The van der Waals surface area contributed by atoms with Crippen LogP contribution >= 0.6 is 0 Å². The molecule has 0 bridgehead atoms. The molecular weight excluding hydrogens is 255 g/mol. The molecule has 2 rings (SSSR count). The van der Waals surface area contributed by atoms with Gasteiger partial charge in [-0.1, -0.05) is 12.1 Å². The van der Waals surface area contributed by atoms with E-state index in [2.05, 4.69) is 0 Å². The summed E-state index contributed by atoms with van der Waals surface area (Å²) >= 11 is 0. The summed E-state index contributed by atoms with van der Waals surface area (Å²) in [5.74, 6) is -2.00. The Hall–Kier alpha value is -2.01. The summed E-state index contributed by atoms with van der Waals surface area (Å²) in [6.07, 6.45) is 0. The van der Waals surface area contributed by atoms with E-state index in [-0.39, 0.29) is 13.2 Å². The summed E-state index contributed by atoms with van der Waals surface area (Å²) in [5, 5.41) is 0. The molecule has 0 saturated carbocycles. The van der Waals surface area contributed by atoms with Crippen molar-refractivity contribution in [3.05, 3.63) is 65.0 Å². The van der Waals surface area contributed by atoms with Crippen LogP contribution in [0.3, 0.4) is 0 Å². The first-order chi connectivity index (χ1) is 9.10. The standard InChI is InChI=1S/C14H12F3NO/c15-12-4-1-9(5-14(12)17)8-19-11-3-2-10(7-18)13(16)6-11/h1-6H,7-8,18H2. The van der Waals surface area contributed by atoms with Crippen LogP contribution in [0.15, 0.2) is 36.4 Å². The average molecular weight is 267 g/mol. The first-order valence-corrected chi connectivity index (χ1v) is 5.65. The fraction of sp³-hybridized carbons (Fsp3) is 0.143. The van der Waals surface area contributed by atoms with Gasteiger partial charge < -0.3 is 10.5 Å². The van der Waals surface area contributed by atoms with Crippen molar-refractivity contribution < 1.29 is 17.9 Å². The predicted molar refractivity (Wildman–Crippen MR) is 65.0 cm³/mol. The Morgan fingerprint density at radius 2 is 1.68 bits per heavy atom. The second kappa shape index (κ2) is 5.75. The Morgan fingerprint density at radius 1 is 0.895 bits per heavy atom. The van der Waals surface area contributed by atoms with E-state index in [0.717, 1.165) is 12.1 Å². The molecule has 0 saturated heterocycles. The van der Waals surface area contributed by atoms with E-state index in [1.807, 2.05) is 0 Å². The highest BCUT2D eigenvalue weighted by atomic mass is 19.2. The Balaban J connectivity index is 2.05. The van der Waals surface area contributed by atoms with E-state index >= 15 is 0 Å². The van der Waals surface area contributed by atoms with Gasteiger partial charge in [-0.15, -0.1) is 0 Å². The normalized spacial score (nSPS) is 10.5. The van der Waals surface area contributed by atoms with E-state index in [9.17, 15) is 13.2 Å². The molecule has 0 spiro atoms. The Labute approximate surface area is 108 Å². The molecule has 100 valence electrons. The lowest BCUT2D eigenvalue weighted by atomic mass is 10.2. The summed E-state index contributed by atoms with van der Waals surface area (Å²) in [7, 11) is 0. The maximum absolute atomic E-state index is 13.4. The molecule has 5 heteroatoms. The minimum Gasteiger partial charge on any atom is -0.489 e. The summed E-state index contributed by atoms with van der Waals surface area (Å²) in [6.45, 7) is 0.133. The molecule has 0 radical (unpaired) electrons. The van der Waals surface area contributed by atoms with Crippen LogP contribution in [0.5, 0.6) is 5.75 Å². The molecule has 2 N–H and O–H groups in total. The number of hydrogen-bond acceptors (Lipinski definition) is 2. The van der Waals surface area contributed by atoms with Crippen molar-refractivity contribution in [2.45, 2.75) is 13.2 Å². The molecule has 0 amide bonds. The molecule has 2 nitrogen and oxygen atoms in total. The lowest BCUT2D eigenvalue weighted by molar-refractivity contribution is 0.303. The summed E-state index contributed by atoms with van der Waals surface area (Å²) in [5.41, 5.74) is 6.19. The zero-order valence-corrected chi connectivity index (χ0v) is 10.00. The van der Waals surface area contributed by atoms with Crippen LogP contribution in [-0.2, 0) is 13.2 Å². The third-order valence-corrected chi connectivity index (χ3v) is 2.63. The fourth-order valence-electron chi connectivity index (χ4n) is 1.58. The Bertz CT molecular complexity index is 587. The maximum Gasteiger partial charge on any atom is 0.159 e. The maximum atomic E-state index is 13.4. The van der Waals surface area contributed by atoms with Crippen LogP contribution < -0.4 is 10.5 Å². The molecular formula is C14H12F3NO. The Morgan fingerprint density at radius 3 is 2.32 bits per heavy atom. The van der Waals surface area contributed by atoms with Crippen molar-refractivity contribution in [2.24, 2.45) is 5.73 Å². The van der Waals surface area contributed by atoms with Crippen molar-refractivity contribution in [3.63, 3.8) is 0 Å². The second-order valence-corrected chi connectivity index (χ2v) is 3.99. The van der Waals surface area contributed by atoms with Crippen LogP contribution in [-0.4, -0.2) is 0 Å². The molecule has 19 heavy (non-hydrogen) atoms. The summed E-state index contributed by atoms with van der Waals surface area (Å²) < 4.78 is 44.4. The molecule has 0 atom stereocenters. The SMILES string of the molecule is NCc1ccc(OCc2ccc(F)c(F)c2)cc1F. The van der Waals surface area contributed by atoms with Crippen molar-refractivity contribution in [2.75, 3.05) is 0 Å². The zero-order chi connectivity index (χ0) is 13.8. The zero-order valence-electron chi connectivity index (χ0n) is 10.00. The minimum atomic E-state index is -0.939. The van der Waals surface area contributed by atoms with Gasteiger partial charge in [0, 0.05) is 18.2 Å². The smallest absolute Gasteiger partial charge is 0.159 e. The van der Waals surface area contributed by atoms with E-state index in [4.69, 9.17) is 10.5 Å². The molecule has 0 fully saturated rings. The average Bonchev–Trinajstić information content (AvgIpc) is 2.40. The third kappa shape index (κ3) is 3.26. The van der Waals surface area contributed by atoms with Crippen molar-refractivity contribution in [1.82, 2.24) is 0 Å².